The van der Waals surface area contributed by atoms with E-state index < -0.39 is 64.0 Å². The summed E-state index contributed by atoms with van der Waals surface area (Å²) in [6, 6.07) is 1.74. The minimum Gasteiger partial charge on any atom is -0.408 e. The van der Waals surface area contributed by atoms with Gasteiger partial charge in [0.25, 0.3) is 5.56 Å². The average Bonchev–Trinajstić information content (AvgIpc) is 3.69. The maximum absolute atomic E-state index is 14.1. The maximum Gasteiger partial charge on any atom is 0.386 e. The van der Waals surface area contributed by atoms with E-state index in [9.17, 15) is 19.2 Å². The van der Waals surface area contributed by atoms with Gasteiger partial charge in [0.2, 0.25) is 5.95 Å². The summed E-state index contributed by atoms with van der Waals surface area (Å²) in [6.45, 7) is 1.41. The number of nitrogen functional groups attached to an aromatic ring is 1. The van der Waals surface area contributed by atoms with Crippen molar-refractivity contribution in [1.82, 2.24) is 29.5 Å². The van der Waals surface area contributed by atoms with E-state index in [2.05, 4.69) is 54.7 Å². The number of nitriles is 1. The highest BCUT2D eigenvalue weighted by Crippen LogP contribution is 2.61. The number of rotatable bonds is 5. The molecule has 3 aromatic rings. The normalized spacial score (nSPS) is 33.9. The van der Waals surface area contributed by atoms with E-state index in [1.54, 1.807) is 0 Å². The molecule has 3 fully saturated rings. The van der Waals surface area contributed by atoms with E-state index in [-0.39, 0.29) is 47.0 Å². The van der Waals surface area contributed by atoms with Crippen molar-refractivity contribution in [1.29, 1.82) is 5.26 Å². The summed E-state index contributed by atoms with van der Waals surface area (Å²) in [5.74, 6) is -0.308. The Kier molecular flexibility index (Phi) is 10.4. The van der Waals surface area contributed by atoms with Gasteiger partial charge in [0.05, 0.1) is 31.8 Å². The van der Waals surface area contributed by atoms with Gasteiger partial charge in [0, 0.05) is 12.0 Å². The van der Waals surface area contributed by atoms with Crippen molar-refractivity contribution >= 4 is 69.3 Å². The summed E-state index contributed by atoms with van der Waals surface area (Å²) >= 11 is 8.68. The van der Waals surface area contributed by atoms with Crippen LogP contribution < -0.4 is 16.6 Å². The Morgan fingerprint density at radius 1 is 1.14 bits per heavy atom. The smallest absolute Gasteiger partial charge is 0.386 e. The molecule has 50 heavy (non-hydrogen) atoms. The Labute approximate surface area is 299 Å². The fourth-order valence-electron chi connectivity index (χ4n) is 5.94. The molecule has 18 nitrogen and oxygen atoms in total. The Hall–Kier alpha value is -2.34. The first kappa shape index (κ1) is 37.4. The molecule has 1 aliphatic carbocycles. The topological polar surface area (TPSA) is 241 Å². The van der Waals surface area contributed by atoms with Crippen molar-refractivity contribution < 1.29 is 36.4 Å². The molecule has 0 spiro atoms. The van der Waals surface area contributed by atoms with Crippen LogP contribution in [0, 0.1) is 17.2 Å². The lowest BCUT2D eigenvalue weighted by Gasteiger charge is -2.40. The molecule has 2 saturated heterocycles. The minimum absolute atomic E-state index is 0.0182. The molecule has 2 aliphatic heterocycles. The molecule has 0 unspecified atom stereocenters. The third-order valence-electron chi connectivity index (χ3n) is 9.43. The van der Waals surface area contributed by atoms with Crippen molar-refractivity contribution in [3.63, 3.8) is 0 Å². The van der Waals surface area contributed by atoms with Crippen LogP contribution in [0.15, 0.2) is 23.6 Å². The number of imidazole rings is 1. The number of H-pyrrole nitrogens is 1. The molecular weight excluding hydrogens is 749 g/mol. The van der Waals surface area contributed by atoms with E-state index >= 15 is 0 Å². The van der Waals surface area contributed by atoms with E-state index in [0.717, 1.165) is 0 Å². The number of nitrogens with one attached hydrogen (secondary N) is 2. The number of anilines is 2. The number of nitrogens with two attached hydrogens (primary N) is 1. The molecule has 3 aromatic heterocycles. The third-order valence-corrected chi connectivity index (χ3v) is 17.2. The van der Waals surface area contributed by atoms with Crippen molar-refractivity contribution in [2.75, 3.05) is 24.3 Å². The number of thiol groups is 2. The molecule has 2 bridgehead atoms. The van der Waals surface area contributed by atoms with Gasteiger partial charge in [-0.25, -0.2) is 24.1 Å². The second-order valence-corrected chi connectivity index (χ2v) is 24.4. The fraction of sp³-hybridized carbons (Fsp3) is 0.630. The second-order valence-electron chi connectivity index (χ2n) is 13.9. The van der Waals surface area contributed by atoms with Gasteiger partial charge < -0.3 is 24.7 Å². The van der Waals surface area contributed by atoms with Crippen LogP contribution in [0.1, 0.15) is 45.4 Å². The number of fused-ring (bicyclic) bond motifs is 4. The molecule has 0 radical (unpaired) electrons. The molecule has 9 atom stereocenters. The van der Waals surface area contributed by atoms with E-state index in [0.29, 0.717) is 18.7 Å². The van der Waals surface area contributed by atoms with Gasteiger partial charge in [-0.3, -0.25) is 27.9 Å². The van der Waals surface area contributed by atoms with Crippen LogP contribution in [-0.4, -0.2) is 81.5 Å². The van der Waals surface area contributed by atoms with Crippen LogP contribution in [0.3, 0.4) is 0 Å². The molecule has 5 heterocycles. The predicted octanol–water partition coefficient (Wildman–Crippen LogP) is 4.43. The molecule has 3 aliphatic rings. The minimum atomic E-state index is -4.21. The third kappa shape index (κ3) is 7.86. The first-order valence-electron chi connectivity index (χ1n) is 15.7. The van der Waals surface area contributed by atoms with Crippen LogP contribution in [0.25, 0.3) is 11.2 Å². The van der Waals surface area contributed by atoms with E-state index in [1.165, 1.54) is 23.4 Å². The van der Waals surface area contributed by atoms with Crippen LogP contribution in [0.5, 0.6) is 0 Å². The molecule has 6 rings (SSSR count). The SMILES string of the molecule is CC(C)(C)[Si](C)(C)O[C@H]1[C@H]2O[P@@](=O)(S)OC[C@H]3C[C@@H](Nc4ncncc4C#N)C[C@@H]3O[P@](=O)(S)OC[C@H]1O[C@H]2n1cnc2c(=O)[nH]c(N)nc21. The van der Waals surface area contributed by atoms with Gasteiger partial charge in [-0.05, 0) is 31.0 Å². The summed E-state index contributed by atoms with van der Waals surface area (Å²) in [6.07, 6.45) is -0.286. The van der Waals surface area contributed by atoms with Crippen LogP contribution in [0.4, 0.5) is 11.8 Å². The van der Waals surface area contributed by atoms with Gasteiger partial charge in [-0.1, -0.05) is 45.3 Å². The number of aromatic amines is 1. The first-order chi connectivity index (χ1) is 23.4. The zero-order chi connectivity index (χ0) is 36.2. The molecule has 272 valence electrons. The lowest BCUT2D eigenvalue weighted by molar-refractivity contribution is -0.0482. The molecular formula is C27H39N9O9P2S2Si. The maximum atomic E-state index is 14.1. The molecule has 4 N–H and O–H groups in total. The highest BCUT2D eigenvalue weighted by atomic mass is 32.7. The Morgan fingerprint density at radius 2 is 1.86 bits per heavy atom. The van der Waals surface area contributed by atoms with Gasteiger partial charge in [-0.2, -0.15) is 10.2 Å². The highest BCUT2D eigenvalue weighted by molar-refractivity contribution is 8.44. The summed E-state index contributed by atoms with van der Waals surface area (Å²) in [5.41, 5.74) is 5.60. The number of ether oxygens (including phenoxy) is 1. The molecule has 23 heteroatoms. The summed E-state index contributed by atoms with van der Waals surface area (Å²) < 4.78 is 66.6. The second kappa shape index (κ2) is 13.9. The molecule has 0 amide bonds. The number of hydrogen-bond donors (Lipinski definition) is 5. The van der Waals surface area contributed by atoms with Crippen LogP contribution in [-0.2, 0) is 36.4 Å². The molecule has 1 saturated carbocycles. The monoisotopic (exact) mass is 787 g/mol. The number of hydrogen-bond acceptors (Lipinski definition) is 16. The Bertz CT molecular complexity index is 1960. The van der Waals surface area contributed by atoms with E-state index in [4.69, 9.17) is 33.0 Å². The zero-order valence-corrected chi connectivity index (χ0v) is 32.4. The summed E-state index contributed by atoms with van der Waals surface area (Å²) in [4.78, 5) is 31.6. The van der Waals surface area contributed by atoms with Crippen molar-refractivity contribution in [2.24, 2.45) is 5.92 Å². The van der Waals surface area contributed by atoms with Gasteiger partial charge in [0.1, 0.15) is 42.1 Å². The van der Waals surface area contributed by atoms with Gasteiger partial charge in [-0.15, -0.1) is 0 Å². The fourth-order valence-corrected chi connectivity index (χ4v) is 10.3. The summed E-state index contributed by atoms with van der Waals surface area (Å²) in [7, 11) is -2.61. The lowest BCUT2D eigenvalue weighted by Crippen LogP contribution is -2.50. The standard InChI is InChI=1S/C27H39N9O9P2S2Si/c1-27(2,3)50(4,5)45-20-18-11-41-46(38,48)43-17-7-16(33-22-15(8-28)9-30-12-31-22)6-14(17)10-40-47(39,49)44-21(20)25(42-18)36-13-32-19-23(36)34-26(29)35-24(19)37/h9,12-14,16-18,20-21,25H,6-7,10-11H2,1-5H3,(H,38,48)(H,39,49)(H,30,31,33)(H3,29,34,35,37)/t14-,16-,17+,18-,20-,21-,25-,46-,47+/m1/s1. The lowest BCUT2D eigenvalue weighted by atomic mass is 10.1. The quantitative estimate of drug-likeness (QED) is 0.136. The summed E-state index contributed by atoms with van der Waals surface area (Å²) in [5, 5.41) is 12.4. The van der Waals surface area contributed by atoms with Crippen LogP contribution >= 0.6 is 38.1 Å². The Morgan fingerprint density at radius 3 is 2.58 bits per heavy atom. The highest BCUT2D eigenvalue weighted by Gasteiger charge is 2.55. The first-order valence-corrected chi connectivity index (χ1v) is 24.0. The largest absolute Gasteiger partial charge is 0.408 e. The van der Waals surface area contributed by atoms with Gasteiger partial charge in [0.15, 0.2) is 25.7 Å². The van der Waals surface area contributed by atoms with Crippen LogP contribution in [0.2, 0.25) is 18.1 Å². The number of nitrogens with zero attached hydrogens (tertiary/aromatic N) is 6. The zero-order valence-electron chi connectivity index (χ0n) is 27.8. The Balaban J connectivity index is 1.35. The average molecular weight is 788 g/mol. The van der Waals surface area contributed by atoms with Crippen molar-refractivity contribution in [3.8, 4) is 6.07 Å². The van der Waals surface area contributed by atoms with Crippen molar-refractivity contribution in [2.45, 2.75) is 88.4 Å². The van der Waals surface area contributed by atoms with Gasteiger partial charge >= 0.3 is 13.6 Å². The van der Waals surface area contributed by atoms with Crippen molar-refractivity contribution in [3.05, 3.63) is 34.8 Å². The molecule has 0 aromatic carbocycles. The van der Waals surface area contributed by atoms with E-state index in [1.807, 2.05) is 39.9 Å². The number of aromatic nitrogens is 6. The predicted molar refractivity (Wildman–Crippen MR) is 190 cm³/mol.